The molecule has 0 amide bonds. The summed E-state index contributed by atoms with van der Waals surface area (Å²) in [5, 5.41) is 2.20. The molecule has 2 aromatic heterocycles. The molecule has 4 nitrogen and oxygen atoms in total. The fourth-order valence-electron chi connectivity index (χ4n) is 2.04. The van der Waals surface area contributed by atoms with Gasteiger partial charge in [0, 0.05) is 35.7 Å². The van der Waals surface area contributed by atoms with Gasteiger partial charge < -0.3 is 5.73 Å². The molecule has 1 unspecified atom stereocenters. The van der Waals surface area contributed by atoms with Gasteiger partial charge >= 0.3 is 0 Å². The predicted octanol–water partition coefficient (Wildman–Crippen LogP) is 2.07. The first-order valence-corrected chi connectivity index (χ1v) is 5.69. The highest BCUT2D eigenvalue weighted by atomic mass is 14.8. The standard InChI is InChI=1S/C14H12N4/c15-14(11-6-17-9-18-7-11)13-8-16-5-10-3-1-2-4-12(10)13/h1-9,14H,15H2. The van der Waals surface area contributed by atoms with Crippen molar-refractivity contribution in [2.24, 2.45) is 5.73 Å². The zero-order chi connectivity index (χ0) is 12.4. The third-order valence-electron chi connectivity index (χ3n) is 2.97. The summed E-state index contributed by atoms with van der Waals surface area (Å²) in [4.78, 5) is 12.2. The number of aromatic nitrogens is 3. The third kappa shape index (κ3) is 1.83. The minimum absolute atomic E-state index is 0.259. The van der Waals surface area contributed by atoms with Crippen LogP contribution in [-0.4, -0.2) is 15.0 Å². The molecular formula is C14H12N4. The molecule has 2 heterocycles. The molecule has 0 radical (unpaired) electrons. The largest absolute Gasteiger partial charge is 0.320 e. The predicted molar refractivity (Wildman–Crippen MR) is 69.8 cm³/mol. The molecule has 3 aromatic rings. The van der Waals surface area contributed by atoms with E-state index < -0.39 is 0 Å². The Labute approximate surface area is 105 Å². The van der Waals surface area contributed by atoms with Gasteiger partial charge in [-0.2, -0.15) is 0 Å². The molecule has 18 heavy (non-hydrogen) atoms. The topological polar surface area (TPSA) is 64.7 Å². The van der Waals surface area contributed by atoms with E-state index in [0.717, 1.165) is 21.9 Å². The fraction of sp³-hybridized carbons (Fsp3) is 0.0714. The van der Waals surface area contributed by atoms with E-state index in [1.165, 1.54) is 6.33 Å². The van der Waals surface area contributed by atoms with Crippen LogP contribution in [0.5, 0.6) is 0 Å². The molecular weight excluding hydrogens is 224 g/mol. The van der Waals surface area contributed by atoms with E-state index in [2.05, 4.69) is 21.0 Å². The Kier molecular flexibility index (Phi) is 2.70. The van der Waals surface area contributed by atoms with Crippen molar-refractivity contribution in [3.05, 3.63) is 66.5 Å². The molecule has 0 saturated carbocycles. The molecule has 0 fully saturated rings. The first-order chi connectivity index (χ1) is 8.86. The van der Waals surface area contributed by atoms with Crippen molar-refractivity contribution in [2.45, 2.75) is 6.04 Å². The highest BCUT2D eigenvalue weighted by Crippen LogP contribution is 2.25. The maximum Gasteiger partial charge on any atom is 0.115 e. The van der Waals surface area contributed by atoms with Crippen LogP contribution in [0.1, 0.15) is 17.2 Å². The van der Waals surface area contributed by atoms with Crippen LogP contribution in [0.3, 0.4) is 0 Å². The Bertz CT molecular complexity index is 661. The van der Waals surface area contributed by atoms with Crippen molar-refractivity contribution in [3.8, 4) is 0 Å². The van der Waals surface area contributed by atoms with Crippen LogP contribution in [0.25, 0.3) is 10.8 Å². The second-order valence-corrected chi connectivity index (χ2v) is 4.10. The van der Waals surface area contributed by atoms with Crippen LogP contribution >= 0.6 is 0 Å². The molecule has 0 saturated heterocycles. The van der Waals surface area contributed by atoms with Gasteiger partial charge in [0.2, 0.25) is 0 Å². The zero-order valence-corrected chi connectivity index (χ0v) is 9.69. The number of hydrogen-bond acceptors (Lipinski definition) is 4. The Hall–Kier alpha value is -2.33. The van der Waals surface area contributed by atoms with Crippen molar-refractivity contribution >= 4 is 10.8 Å². The molecule has 4 heteroatoms. The summed E-state index contributed by atoms with van der Waals surface area (Å²) in [6, 6.07) is 7.81. The Morgan fingerprint density at radius 3 is 2.50 bits per heavy atom. The lowest BCUT2D eigenvalue weighted by Gasteiger charge is -2.13. The lowest BCUT2D eigenvalue weighted by molar-refractivity contribution is 0.853. The van der Waals surface area contributed by atoms with E-state index in [-0.39, 0.29) is 6.04 Å². The number of nitrogens with zero attached hydrogens (tertiary/aromatic N) is 3. The van der Waals surface area contributed by atoms with E-state index in [9.17, 15) is 0 Å². The summed E-state index contributed by atoms with van der Waals surface area (Å²) in [5.74, 6) is 0. The average molecular weight is 236 g/mol. The van der Waals surface area contributed by atoms with Crippen LogP contribution in [0.15, 0.2) is 55.4 Å². The summed E-state index contributed by atoms with van der Waals surface area (Å²) in [6.07, 6.45) is 8.61. The van der Waals surface area contributed by atoms with Gasteiger partial charge in [-0.1, -0.05) is 24.3 Å². The third-order valence-corrected chi connectivity index (χ3v) is 2.97. The van der Waals surface area contributed by atoms with Gasteiger partial charge in [-0.05, 0) is 10.9 Å². The van der Waals surface area contributed by atoms with Gasteiger partial charge in [-0.15, -0.1) is 0 Å². The molecule has 88 valence electrons. The van der Waals surface area contributed by atoms with Crippen molar-refractivity contribution in [2.75, 3.05) is 0 Å². The van der Waals surface area contributed by atoms with Gasteiger partial charge in [0.1, 0.15) is 6.33 Å². The molecule has 3 rings (SSSR count). The van der Waals surface area contributed by atoms with Gasteiger partial charge in [0.15, 0.2) is 0 Å². The van der Waals surface area contributed by atoms with Crippen LogP contribution in [0.2, 0.25) is 0 Å². The zero-order valence-electron chi connectivity index (χ0n) is 9.69. The molecule has 1 atom stereocenters. The minimum atomic E-state index is -0.259. The summed E-state index contributed by atoms with van der Waals surface area (Å²) >= 11 is 0. The number of nitrogens with two attached hydrogens (primary N) is 1. The molecule has 0 spiro atoms. The summed E-state index contributed by atoms with van der Waals surface area (Å²) in [6.45, 7) is 0. The molecule has 0 bridgehead atoms. The monoisotopic (exact) mass is 236 g/mol. The lowest BCUT2D eigenvalue weighted by atomic mass is 9.98. The number of pyridine rings is 1. The molecule has 0 aliphatic heterocycles. The average Bonchev–Trinajstić information content (AvgIpc) is 2.47. The Morgan fingerprint density at radius 1 is 0.889 bits per heavy atom. The van der Waals surface area contributed by atoms with Crippen LogP contribution in [0, 0.1) is 0 Å². The van der Waals surface area contributed by atoms with Crippen LogP contribution in [-0.2, 0) is 0 Å². The summed E-state index contributed by atoms with van der Waals surface area (Å²) < 4.78 is 0. The van der Waals surface area contributed by atoms with E-state index >= 15 is 0 Å². The smallest absolute Gasteiger partial charge is 0.115 e. The lowest BCUT2D eigenvalue weighted by Crippen LogP contribution is -2.13. The Balaban J connectivity index is 2.15. The van der Waals surface area contributed by atoms with E-state index in [0.29, 0.717) is 0 Å². The quantitative estimate of drug-likeness (QED) is 0.739. The van der Waals surface area contributed by atoms with Crippen LogP contribution < -0.4 is 5.73 Å². The maximum atomic E-state index is 6.26. The normalized spacial score (nSPS) is 12.5. The minimum Gasteiger partial charge on any atom is -0.320 e. The molecule has 1 aromatic carbocycles. The summed E-state index contributed by atoms with van der Waals surface area (Å²) in [7, 11) is 0. The van der Waals surface area contributed by atoms with Gasteiger partial charge in [-0.3, -0.25) is 4.98 Å². The van der Waals surface area contributed by atoms with E-state index in [1.54, 1.807) is 18.6 Å². The fourth-order valence-corrected chi connectivity index (χ4v) is 2.04. The Morgan fingerprint density at radius 2 is 1.67 bits per heavy atom. The highest BCUT2D eigenvalue weighted by molar-refractivity contribution is 5.85. The second-order valence-electron chi connectivity index (χ2n) is 4.10. The van der Waals surface area contributed by atoms with Crippen molar-refractivity contribution in [1.82, 2.24) is 15.0 Å². The summed E-state index contributed by atoms with van der Waals surface area (Å²) in [5.41, 5.74) is 8.14. The van der Waals surface area contributed by atoms with Crippen molar-refractivity contribution in [3.63, 3.8) is 0 Å². The number of fused-ring (bicyclic) bond motifs is 1. The van der Waals surface area contributed by atoms with Crippen molar-refractivity contribution < 1.29 is 0 Å². The van der Waals surface area contributed by atoms with Gasteiger partial charge in [-0.25, -0.2) is 9.97 Å². The van der Waals surface area contributed by atoms with Crippen molar-refractivity contribution in [1.29, 1.82) is 0 Å². The number of benzene rings is 1. The van der Waals surface area contributed by atoms with Crippen LogP contribution in [0.4, 0.5) is 0 Å². The number of hydrogen-bond donors (Lipinski definition) is 1. The molecule has 0 aliphatic rings. The van der Waals surface area contributed by atoms with Gasteiger partial charge in [0.05, 0.1) is 6.04 Å². The van der Waals surface area contributed by atoms with Gasteiger partial charge in [0.25, 0.3) is 0 Å². The SMILES string of the molecule is NC(c1cncnc1)c1cncc2ccccc12. The first kappa shape index (κ1) is 10.8. The maximum absolute atomic E-state index is 6.26. The molecule has 0 aliphatic carbocycles. The molecule has 2 N–H and O–H groups in total. The van der Waals surface area contributed by atoms with E-state index in [1.807, 2.05) is 24.4 Å². The first-order valence-electron chi connectivity index (χ1n) is 5.69. The second kappa shape index (κ2) is 4.50. The highest BCUT2D eigenvalue weighted by Gasteiger charge is 2.12. The van der Waals surface area contributed by atoms with E-state index in [4.69, 9.17) is 5.73 Å². The number of rotatable bonds is 2.